The standard InChI is InChI=1S/C21H19ClN4O2S/c1-28-17-9-8-16(22)19-18(17)24-21(29-19)26(12-5-11-25-13-10-23-14-25)20(27)15-6-3-2-4-7-15/h2-4,6-10,13-14H,5,11-12H2,1H3. The number of methoxy groups -OCH3 is 1. The molecule has 1 amide bonds. The Morgan fingerprint density at radius 2 is 2.07 bits per heavy atom. The molecule has 29 heavy (non-hydrogen) atoms. The minimum Gasteiger partial charge on any atom is -0.494 e. The first-order chi connectivity index (χ1) is 14.2. The van der Waals surface area contributed by atoms with Crippen LogP contribution in [0, 0.1) is 0 Å². The van der Waals surface area contributed by atoms with Gasteiger partial charge >= 0.3 is 0 Å². The lowest BCUT2D eigenvalue weighted by molar-refractivity contribution is 0.0986. The van der Waals surface area contributed by atoms with Crippen LogP contribution in [0.15, 0.2) is 61.2 Å². The van der Waals surface area contributed by atoms with Crippen LogP contribution in [-0.4, -0.2) is 34.1 Å². The lowest BCUT2D eigenvalue weighted by Crippen LogP contribution is -2.32. The van der Waals surface area contributed by atoms with Crippen molar-refractivity contribution in [2.75, 3.05) is 18.6 Å². The summed E-state index contributed by atoms with van der Waals surface area (Å²) in [6.07, 6.45) is 6.18. The van der Waals surface area contributed by atoms with Crippen molar-refractivity contribution in [1.29, 1.82) is 0 Å². The molecule has 0 radical (unpaired) electrons. The number of carbonyl (C=O) groups is 1. The first kappa shape index (κ1) is 19.4. The van der Waals surface area contributed by atoms with Gasteiger partial charge in [0.25, 0.3) is 5.91 Å². The average Bonchev–Trinajstić information content (AvgIpc) is 3.42. The molecule has 6 nitrogen and oxygen atoms in total. The molecule has 0 saturated heterocycles. The van der Waals surface area contributed by atoms with E-state index >= 15 is 0 Å². The smallest absolute Gasteiger partial charge is 0.260 e. The van der Waals surface area contributed by atoms with Crippen LogP contribution >= 0.6 is 22.9 Å². The van der Waals surface area contributed by atoms with E-state index in [1.165, 1.54) is 11.3 Å². The third-order valence-corrected chi connectivity index (χ3v) is 6.06. The lowest BCUT2D eigenvalue weighted by atomic mass is 10.2. The third kappa shape index (κ3) is 4.11. The lowest BCUT2D eigenvalue weighted by Gasteiger charge is -2.20. The highest BCUT2D eigenvalue weighted by Gasteiger charge is 2.22. The molecule has 2 aromatic heterocycles. The zero-order chi connectivity index (χ0) is 20.2. The van der Waals surface area contributed by atoms with Crippen LogP contribution in [0.25, 0.3) is 10.2 Å². The zero-order valence-electron chi connectivity index (χ0n) is 15.8. The molecule has 0 aliphatic rings. The van der Waals surface area contributed by atoms with E-state index in [1.54, 1.807) is 36.7 Å². The first-order valence-corrected chi connectivity index (χ1v) is 10.3. The Hall–Kier alpha value is -2.90. The second kappa shape index (κ2) is 8.63. The summed E-state index contributed by atoms with van der Waals surface area (Å²) in [7, 11) is 1.60. The molecule has 0 aliphatic heterocycles. The first-order valence-electron chi connectivity index (χ1n) is 9.13. The molecule has 4 aromatic rings. The van der Waals surface area contributed by atoms with E-state index in [4.69, 9.17) is 21.3 Å². The number of amides is 1. The van der Waals surface area contributed by atoms with Crippen molar-refractivity contribution in [3.63, 3.8) is 0 Å². The summed E-state index contributed by atoms with van der Waals surface area (Å²) in [5.41, 5.74) is 1.29. The highest BCUT2D eigenvalue weighted by atomic mass is 35.5. The van der Waals surface area contributed by atoms with Gasteiger partial charge in [0.1, 0.15) is 11.3 Å². The van der Waals surface area contributed by atoms with E-state index in [9.17, 15) is 4.79 Å². The summed E-state index contributed by atoms with van der Waals surface area (Å²) in [5.74, 6) is 0.544. The normalized spacial score (nSPS) is 11.0. The monoisotopic (exact) mass is 426 g/mol. The largest absolute Gasteiger partial charge is 0.494 e. The molecule has 0 spiro atoms. The number of ether oxygens (including phenoxy) is 1. The molecule has 0 saturated carbocycles. The predicted octanol–water partition coefficient (Wildman–Crippen LogP) is 4.89. The van der Waals surface area contributed by atoms with Gasteiger partial charge in [-0.05, 0) is 30.7 Å². The molecule has 4 rings (SSSR count). The Morgan fingerprint density at radius 1 is 1.24 bits per heavy atom. The van der Waals surface area contributed by atoms with Crippen LogP contribution in [-0.2, 0) is 6.54 Å². The molecular formula is C21H19ClN4O2S. The maximum Gasteiger partial charge on any atom is 0.260 e. The van der Waals surface area contributed by atoms with Crippen molar-refractivity contribution in [2.24, 2.45) is 0 Å². The molecule has 2 heterocycles. The molecule has 0 fully saturated rings. The molecule has 0 unspecified atom stereocenters. The van der Waals surface area contributed by atoms with E-state index in [1.807, 2.05) is 41.1 Å². The van der Waals surface area contributed by atoms with E-state index in [2.05, 4.69) is 4.98 Å². The van der Waals surface area contributed by atoms with Gasteiger partial charge in [0.15, 0.2) is 5.13 Å². The van der Waals surface area contributed by atoms with Crippen molar-refractivity contribution < 1.29 is 9.53 Å². The van der Waals surface area contributed by atoms with Crippen LogP contribution in [0.1, 0.15) is 16.8 Å². The van der Waals surface area contributed by atoms with Crippen LogP contribution in [0.5, 0.6) is 5.75 Å². The Labute approximate surface area is 177 Å². The Kier molecular flexibility index (Phi) is 5.78. The van der Waals surface area contributed by atoms with Gasteiger partial charge in [-0.15, -0.1) is 0 Å². The van der Waals surface area contributed by atoms with Crippen LogP contribution in [0.2, 0.25) is 5.02 Å². The minimum atomic E-state index is -0.0922. The summed E-state index contributed by atoms with van der Waals surface area (Å²) in [6.45, 7) is 1.28. The van der Waals surface area contributed by atoms with Crippen molar-refractivity contribution >= 4 is 44.2 Å². The number of imidazole rings is 1. The molecule has 8 heteroatoms. The fourth-order valence-electron chi connectivity index (χ4n) is 3.07. The van der Waals surface area contributed by atoms with Crippen LogP contribution < -0.4 is 9.64 Å². The summed E-state index contributed by atoms with van der Waals surface area (Å²) < 4.78 is 8.22. The second-order valence-corrected chi connectivity index (χ2v) is 7.79. The SMILES string of the molecule is COc1ccc(Cl)c2sc(N(CCCn3ccnc3)C(=O)c3ccccc3)nc12. The fourth-order valence-corrected chi connectivity index (χ4v) is 4.35. The number of halogens is 1. The topological polar surface area (TPSA) is 60.2 Å². The summed E-state index contributed by atoms with van der Waals surface area (Å²) in [6, 6.07) is 12.8. The van der Waals surface area contributed by atoms with E-state index < -0.39 is 0 Å². The number of carbonyl (C=O) groups excluding carboxylic acids is 1. The van der Waals surface area contributed by atoms with Crippen LogP contribution in [0.4, 0.5) is 5.13 Å². The summed E-state index contributed by atoms with van der Waals surface area (Å²) in [4.78, 5) is 23.7. The maximum atomic E-state index is 13.3. The van der Waals surface area contributed by atoms with Crippen molar-refractivity contribution in [2.45, 2.75) is 13.0 Å². The quantitative estimate of drug-likeness (QED) is 0.422. The number of anilines is 1. The summed E-state index contributed by atoms with van der Waals surface area (Å²) >= 11 is 7.77. The Balaban J connectivity index is 1.68. The predicted molar refractivity (Wildman–Crippen MR) is 116 cm³/mol. The van der Waals surface area contributed by atoms with Gasteiger partial charge in [-0.25, -0.2) is 9.97 Å². The highest BCUT2D eigenvalue weighted by Crippen LogP contribution is 2.39. The number of hydrogen-bond donors (Lipinski definition) is 0. The van der Waals surface area contributed by atoms with Gasteiger partial charge in [0, 0.05) is 31.0 Å². The molecule has 0 atom stereocenters. The van der Waals surface area contributed by atoms with E-state index in [0.717, 1.165) is 17.7 Å². The molecule has 2 aromatic carbocycles. The Bertz CT molecular complexity index is 1110. The van der Waals surface area contributed by atoms with E-state index in [0.29, 0.717) is 33.5 Å². The number of benzene rings is 2. The number of thiazole rings is 1. The molecule has 0 bridgehead atoms. The van der Waals surface area contributed by atoms with Gasteiger partial charge in [0.05, 0.1) is 23.2 Å². The zero-order valence-corrected chi connectivity index (χ0v) is 17.4. The van der Waals surface area contributed by atoms with Crippen molar-refractivity contribution in [3.8, 4) is 5.75 Å². The highest BCUT2D eigenvalue weighted by molar-refractivity contribution is 7.23. The fraction of sp³-hybridized carbons (Fsp3) is 0.190. The maximum absolute atomic E-state index is 13.3. The van der Waals surface area contributed by atoms with Gasteiger partial charge in [-0.1, -0.05) is 41.1 Å². The average molecular weight is 427 g/mol. The number of aryl methyl sites for hydroxylation is 1. The third-order valence-electron chi connectivity index (χ3n) is 4.52. The molecular weight excluding hydrogens is 408 g/mol. The van der Waals surface area contributed by atoms with E-state index in [-0.39, 0.29) is 5.91 Å². The summed E-state index contributed by atoms with van der Waals surface area (Å²) in [5, 5.41) is 1.20. The number of nitrogens with zero attached hydrogens (tertiary/aromatic N) is 4. The molecule has 148 valence electrons. The molecule has 0 aliphatic carbocycles. The minimum absolute atomic E-state index is 0.0922. The van der Waals surface area contributed by atoms with Gasteiger partial charge in [0.2, 0.25) is 0 Å². The molecule has 0 N–H and O–H groups in total. The van der Waals surface area contributed by atoms with Gasteiger partial charge in [-0.3, -0.25) is 9.69 Å². The Morgan fingerprint density at radius 3 is 2.79 bits per heavy atom. The number of hydrogen-bond acceptors (Lipinski definition) is 5. The number of aromatic nitrogens is 3. The van der Waals surface area contributed by atoms with Crippen molar-refractivity contribution in [1.82, 2.24) is 14.5 Å². The second-order valence-electron chi connectivity index (χ2n) is 6.40. The van der Waals surface area contributed by atoms with Crippen molar-refractivity contribution in [3.05, 3.63) is 71.8 Å². The van der Waals surface area contributed by atoms with Crippen LogP contribution in [0.3, 0.4) is 0 Å². The van der Waals surface area contributed by atoms with Gasteiger partial charge in [-0.2, -0.15) is 0 Å². The van der Waals surface area contributed by atoms with Gasteiger partial charge < -0.3 is 9.30 Å². The number of rotatable bonds is 7. The number of fused-ring (bicyclic) bond motifs is 1.